The van der Waals surface area contributed by atoms with Crippen LogP contribution >= 0.6 is 0 Å². The first-order valence-corrected chi connectivity index (χ1v) is 6.99. The highest BCUT2D eigenvalue weighted by atomic mass is 19.1. The van der Waals surface area contributed by atoms with Crippen LogP contribution in [0.2, 0.25) is 0 Å². The fraction of sp³-hybridized carbons (Fsp3) is 0.500. The second-order valence-corrected chi connectivity index (χ2v) is 4.48. The SMILES string of the molecule is CCNCc1cc(F)cnc1-n1nc(CC)nc1CC. The number of rotatable bonds is 6. The summed E-state index contributed by atoms with van der Waals surface area (Å²) in [5.41, 5.74) is 0.786. The van der Waals surface area contributed by atoms with Crippen LogP contribution in [0.15, 0.2) is 12.3 Å². The number of nitrogens with one attached hydrogen (secondary N) is 1. The van der Waals surface area contributed by atoms with Crippen LogP contribution in [-0.4, -0.2) is 26.3 Å². The first-order valence-electron chi connectivity index (χ1n) is 6.99. The van der Waals surface area contributed by atoms with Gasteiger partial charge in [0, 0.05) is 24.9 Å². The maximum atomic E-state index is 13.4. The summed E-state index contributed by atoms with van der Waals surface area (Å²) >= 11 is 0. The first-order chi connectivity index (χ1) is 9.69. The summed E-state index contributed by atoms with van der Waals surface area (Å²) in [6.45, 7) is 7.41. The van der Waals surface area contributed by atoms with E-state index >= 15 is 0 Å². The topological polar surface area (TPSA) is 55.6 Å². The van der Waals surface area contributed by atoms with Crippen LogP contribution in [0.5, 0.6) is 0 Å². The van der Waals surface area contributed by atoms with Gasteiger partial charge in [0.2, 0.25) is 0 Å². The van der Waals surface area contributed by atoms with Gasteiger partial charge in [-0.2, -0.15) is 4.68 Å². The minimum Gasteiger partial charge on any atom is -0.313 e. The number of halogens is 1. The van der Waals surface area contributed by atoms with Gasteiger partial charge in [-0.25, -0.2) is 14.4 Å². The summed E-state index contributed by atoms with van der Waals surface area (Å²) in [6.07, 6.45) is 2.74. The van der Waals surface area contributed by atoms with E-state index in [2.05, 4.69) is 20.4 Å². The van der Waals surface area contributed by atoms with E-state index in [0.29, 0.717) is 12.4 Å². The predicted molar refractivity (Wildman–Crippen MR) is 75.2 cm³/mol. The third-order valence-electron chi connectivity index (χ3n) is 3.03. The molecule has 0 unspecified atom stereocenters. The van der Waals surface area contributed by atoms with Crippen molar-refractivity contribution in [2.24, 2.45) is 0 Å². The molecular formula is C14H20FN5. The molecule has 5 nitrogen and oxygen atoms in total. The highest BCUT2D eigenvalue weighted by Crippen LogP contribution is 2.15. The Morgan fingerprint density at radius 2 is 2.05 bits per heavy atom. The normalized spacial score (nSPS) is 11.0. The number of aryl methyl sites for hydroxylation is 2. The highest BCUT2D eigenvalue weighted by Gasteiger charge is 2.14. The van der Waals surface area contributed by atoms with Gasteiger partial charge < -0.3 is 5.32 Å². The van der Waals surface area contributed by atoms with Crippen molar-refractivity contribution < 1.29 is 4.39 Å². The lowest BCUT2D eigenvalue weighted by Gasteiger charge is -2.10. The van der Waals surface area contributed by atoms with Crippen molar-refractivity contribution in [3.63, 3.8) is 0 Å². The summed E-state index contributed by atoms with van der Waals surface area (Å²) in [5.74, 6) is 1.94. The van der Waals surface area contributed by atoms with E-state index in [1.54, 1.807) is 4.68 Å². The van der Waals surface area contributed by atoms with Gasteiger partial charge >= 0.3 is 0 Å². The fourth-order valence-electron chi connectivity index (χ4n) is 1.99. The van der Waals surface area contributed by atoms with Crippen LogP contribution in [0.25, 0.3) is 5.82 Å². The van der Waals surface area contributed by atoms with Crippen molar-refractivity contribution in [2.75, 3.05) is 6.54 Å². The third-order valence-corrected chi connectivity index (χ3v) is 3.03. The van der Waals surface area contributed by atoms with Crippen molar-refractivity contribution in [3.05, 3.63) is 35.3 Å². The molecule has 0 atom stereocenters. The van der Waals surface area contributed by atoms with E-state index in [1.165, 1.54) is 12.3 Å². The monoisotopic (exact) mass is 277 g/mol. The summed E-state index contributed by atoms with van der Waals surface area (Å²) in [4.78, 5) is 8.67. The van der Waals surface area contributed by atoms with Gasteiger partial charge in [-0.05, 0) is 12.6 Å². The molecule has 0 radical (unpaired) electrons. The Labute approximate surface area is 118 Å². The number of nitrogens with zero attached hydrogens (tertiary/aromatic N) is 4. The molecule has 2 aromatic rings. The first kappa shape index (κ1) is 14.6. The molecule has 2 heterocycles. The average molecular weight is 277 g/mol. The average Bonchev–Trinajstić information content (AvgIpc) is 2.88. The Morgan fingerprint density at radius 3 is 2.70 bits per heavy atom. The molecule has 0 fully saturated rings. The molecule has 108 valence electrons. The Hall–Kier alpha value is -1.82. The molecule has 0 spiro atoms. The van der Waals surface area contributed by atoms with Gasteiger partial charge in [0.15, 0.2) is 11.6 Å². The second-order valence-electron chi connectivity index (χ2n) is 4.48. The van der Waals surface area contributed by atoms with Gasteiger partial charge in [-0.1, -0.05) is 20.8 Å². The van der Waals surface area contributed by atoms with E-state index in [9.17, 15) is 4.39 Å². The molecule has 0 bridgehead atoms. The van der Waals surface area contributed by atoms with Crippen LogP contribution < -0.4 is 5.32 Å². The van der Waals surface area contributed by atoms with E-state index in [4.69, 9.17) is 0 Å². The molecule has 6 heteroatoms. The molecule has 0 amide bonds. The zero-order chi connectivity index (χ0) is 14.5. The lowest BCUT2D eigenvalue weighted by Crippen LogP contribution is -2.16. The molecule has 0 aromatic carbocycles. The van der Waals surface area contributed by atoms with Crippen LogP contribution in [0.1, 0.15) is 38.0 Å². The zero-order valence-electron chi connectivity index (χ0n) is 12.1. The number of aromatic nitrogens is 4. The summed E-state index contributed by atoms with van der Waals surface area (Å²) in [7, 11) is 0. The zero-order valence-corrected chi connectivity index (χ0v) is 12.1. The van der Waals surface area contributed by atoms with E-state index in [1.807, 2.05) is 20.8 Å². The fourth-order valence-corrected chi connectivity index (χ4v) is 1.99. The van der Waals surface area contributed by atoms with Gasteiger partial charge in [0.25, 0.3) is 0 Å². The molecule has 0 aliphatic rings. The second kappa shape index (κ2) is 6.56. The van der Waals surface area contributed by atoms with Crippen molar-refractivity contribution in [1.82, 2.24) is 25.1 Å². The third kappa shape index (κ3) is 3.01. The Bertz CT molecular complexity index is 579. The van der Waals surface area contributed by atoms with Gasteiger partial charge in [0.05, 0.1) is 6.20 Å². The number of pyridine rings is 1. The Balaban J connectivity index is 2.47. The summed E-state index contributed by atoms with van der Waals surface area (Å²) < 4.78 is 15.1. The Morgan fingerprint density at radius 1 is 1.25 bits per heavy atom. The molecule has 1 N–H and O–H groups in total. The molecule has 0 aliphatic carbocycles. The smallest absolute Gasteiger partial charge is 0.160 e. The molecule has 0 aliphatic heterocycles. The standard InChI is InChI=1S/C14H20FN5/c1-4-12-18-13(5-2)20(19-12)14-10(8-16-6-3)7-11(15)9-17-14/h7,9,16H,4-6,8H2,1-3H3. The minimum absolute atomic E-state index is 0.337. The van der Waals surface area contributed by atoms with Crippen molar-refractivity contribution in [3.8, 4) is 5.82 Å². The van der Waals surface area contributed by atoms with Gasteiger partial charge in [-0.3, -0.25) is 0 Å². The van der Waals surface area contributed by atoms with Gasteiger partial charge in [0.1, 0.15) is 11.6 Å². The quantitative estimate of drug-likeness (QED) is 0.878. The largest absolute Gasteiger partial charge is 0.313 e. The lowest BCUT2D eigenvalue weighted by atomic mass is 10.2. The van der Waals surface area contributed by atoms with Crippen molar-refractivity contribution in [2.45, 2.75) is 40.2 Å². The maximum Gasteiger partial charge on any atom is 0.160 e. The van der Waals surface area contributed by atoms with Gasteiger partial charge in [-0.15, -0.1) is 5.10 Å². The van der Waals surface area contributed by atoms with Crippen molar-refractivity contribution in [1.29, 1.82) is 0 Å². The van der Waals surface area contributed by atoms with Crippen molar-refractivity contribution >= 4 is 0 Å². The van der Waals surface area contributed by atoms with E-state index in [0.717, 1.165) is 36.6 Å². The molecule has 0 saturated heterocycles. The summed E-state index contributed by atoms with van der Waals surface area (Å²) in [6, 6.07) is 1.50. The number of hydrogen-bond donors (Lipinski definition) is 1. The van der Waals surface area contributed by atoms with Crippen LogP contribution in [0.3, 0.4) is 0 Å². The van der Waals surface area contributed by atoms with Crippen LogP contribution in [0, 0.1) is 5.82 Å². The predicted octanol–water partition coefficient (Wildman–Crippen LogP) is 2.04. The summed E-state index contributed by atoms with van der Waals surface area (Å²) in [5, 5.41) is 7.65. The molecule has 20 heavy (non-hydrogen) atoms. The molecular weight excluding hydrogens is 257 g/mol. The van der Waals surface area contributed by atoms with E-state index in [-0.39, 0.29) is 5.82 Å². The highest BCUT2D eigenvalue weighted by molar-refractivity contribution is 5.34. The molecule has 2 rings (SSSR count). The lowest BCUT2D eigenvalue weighted by molar-refractivity contribution is 0.608. The van der Waals surface area contributed by atoms with Crippen LogP contribution in [-0.2, 0) is 19.4 Å². The molecule has 0 saturated carbocycles. The Kier molecular flexibility index (Phi) is 4.79. The molecule has 2 aromatic heterocycles. The van der Waals surface area contributed by atoms with Crippen LogP contribution in [0.4, 0.5) is 4.39 Å². The number of hydrogen-bond acceptors (Lipinski definition) is 4. The van der Waals surface area contributed by atoms with E-state index < -0.39 is 0 Å². The maximum absolute atomic E-state index is 13.4. The minimum atomic E-state index is -0.337.